The largest absolute Gasteiger partial charge is 0.496 e. The van der Waals surface area contributed by atoms with Crippen LogP contribution in [0.3, 0.4) is 0 Å². The monoisotopic (exact) mass is 479 g/mol. The summed E-state index contributed by atoms with van der Waals surface area (Å²) in [6.07, 6.45) is 7.44. The first-order valence-corrected chi connectivity index (χ1v) is 11.4. The molecule has 0 aliphatic heterocycles. The Labute approximate surface area is 197 Å². The normalized spacial score (nSPS) is 14.1. The van der Waals surface area contributed by atoms with Crippen molar-refractivity contribution in [2.45, 2.75) is 46.0 Å². The molecule has 1 fully saturated rings. The molecule has 1 aromatic heterocycles. The van der Waals surface area contributed by atoms with Crippen LogP contribution in [0.4, 0.5) is 16.0 Å². The Hall–Kier alpha value is -2.31. The number of anilines is 2. The lowest BCUT2D eigenvalue weighted by Crippen LogP contribution is -2.02. The number of Topliss-reactive ketones (excluding diaryl/α,β-unsaturated/α-hetero) is 1. The predicted molar refractivity (Wildman–Crippen MR) is 129 cm³/mol. The van der Waals surface area contributed by atoms with Gasteiger partial charge in [0.2, 0.25) is 5.95 Å². The second-order valence-corrected chi connectivity index (χ2v) is 8.99. The number of hydrogen-bond donors (Lipinski definition) is 1. The van der Waals surface area contributed by atoms with E-state index in [4.69, 9.17) is 27.9 Å². The summed E-state index contributed by atoms with van der Waals surface area (Å²) >= 11 is 11.9. The molecule has 1 saturated carbocycles. The maximum absolute atomic E-state index is 14.2. The molecule has 4 rings (SSSR count). The van der Waals surface area contributed by atoms with Crippen LogP contribution in [0.1, 0.15) is 56.3 Å². The molecule has 32 heavy (non-hydrogen) atoms. The summed E-state index contributed by atoms with van der Waals surface area (Å²) in [5.74, 6) is 1.03. The average Bonchev–Trinajstić information content (AvgIpc) is 3.08. The number of fused-ring (bicyclic) bond motifs is 1. The van der Waals surface area contributed by atoms with Crippen molar-refractivity contribution >= 4 is 51.7 Å². The summed E-state index contributed by atoms with van der Waals surface area (Å²) in [5.41, 5.74) is 1.73. The summed E-state index contributed by atoms with van der Waals surface area (Å²) < 4.78 is 21.2. The number of methoxy groups -OCH3 is 1. The molecule has 0 amide bonds. The van der Waals surface area contributed by atoms with E-state index in [-0.39, 0.29) is 21.5 Å². The highest BCUT2D eigenvalue weighted by Gasteiger charge is 2.18. The minimum absolute atomic E-state index is 0.0336. The van der Waals surface area contributed by atoms with Crippen LogP contribution in [-0.2, 0) is 7.05 Å². The molecule has 0 saturated heterocycles. The van der Waals surface area contributed by atoms with Gasteiger partial charge in [-0.2, -0.15) is 0 Å². The molecular weight excluding hydrogens is 452 g/mol. The summed E-state index contributed by atoms with van der Waals surface area (Å²) in [6, 6.07) is 6.22. The molecule has 0 spiro atoms. The highest BCUT2D eigenvalue weighted by molar-refractivity contribution is 6.35. The van der Waals surface area contributed by atoms with Crippen LogP contribution >= 0.6 is 23.2 Å². The number of carbonyl (C=O) groups excluding carboxylic acids is 1. The van der Waals surface area contributed by atoms with Gasteiger partial charge in [0.1, 0.15) is 5.75 Å². The molecule has 172 valence electrons. The van der Waals surface area contributed by atoms with Gasteiger partial charge in [-0.15, -0.1) is 0 Å². The molecule has 5 nitrogen and oxygen atoms in total. The average molecular weight is 480 g/mol. The maximum Gasteiger partial charge on any atom is 0.208 e. The van der Waals surface area contributed by atoms with Crippen LogP contribution in [0, 0.1) is 11.7 Å². The number of aromatic nitrogens is 2. The number of ether oxygens (including phenoxy) is 1. The Morgan fingerprint density at radius 1 is 1.19 bits per heavy atom. The Bertz CT molecular complexity index is 1120. The van der Waals surface area contributed by atoms with E-state index in [9.17, 15) is 9.18 Å². The van der Waals surface area contributed by atoms with Crippen LogP contribution < -0.4 is 10.1 Å². The van der Waals surface area contributed by atoms with Gasteiger partial charge in [0.25, 0.3) is 0 Å². The van der Waals surface area contributed by atoms with Crippen molar-refractivity contribution in [2.75, 3.05) is 12.4 Å². The standard InChI is InChI=1S/C17H14Cl2FN3O2.C7H14/c1-8(24)9-6-12-13(7-14(9)25-3)23(2)17(21-12)22-16-11(19)5-4-10(18)15(16)20;1-7-5-3-2-4-6-7/h4-7H,1-3H3,(H,21,22);7H,2-6H2,1H3. The van der Waals surface area contributed by atoms with E-state index in [1.165, 1.54) is 58.3 Å². The Kier molecular flexibility index (Phi) is 8.01. The number of nitrogens with zero attached hydrogens (tertiary/aromatic N) is 2. The van der Waals surface area contributed by atoms with Crippen molar-refractivity contribution in [1.29, 1.82) is 0 Å². The number of imidazole rings is 1. The zero-order valence-electron chi connectivity index (χ0n) is 18.8. The first-order valence-electron chi connectivity index (χ1n) is 10.7. The van der Waals surface area contributed by atoms with Crippen LogP contribution in [0.2, 0.25) is 10.0 Å². The van der Waals surface area contributed by atoms with E-state index in [1.807, 2.05) is 0 Å². The van der Waals surface area contributed by atoms with Crippen molar-refractivity contribution < 1.29 is 13.9 Å². The number of aryl methyl sites for hydroxylation is 1. The molecule has 0 unspecified atom stereocenters. The lowest BCUT2D eigenvalue weighted by molar-refractivity contribution is 0.101. The first-order chi connectivity index (χ1) is 15.2. The van der Waals surface area contributed by atoms with Gasteiger partial charge in [-0.3, -0.25) is 4.79 Å². The summed E-state index contributed by atoms with van der Waals surface area (Å²) in [4.78, 5) is 16.2. The molecule has 1 N–H and O–H groups in total. The van der Waals surface area contributed by atoms with Crippen LogP contribution in [0.25, 0.3) is 11.0 Å². The van der Waals surface area contributed by atoms with Crippen molar-refractivity contribution in [1.82, 2.24) is 9.55 Å². The van der Waals surface area contributed by atoms with Crippen molar-refractivity contribution in [3.63, 3.8) is 0 Å². The van der Waals surface area contributed by atoms with Gasteiger partial charge < -0.3 is 14.6 Å². The maximum atomic E-state index is 14.2. The molecule has 8 heteroatoms. The van der Waals surface area contributed by atoms with Gasteiger partial charge in [-0.25, -0.2) is 9.37 Å². The molecule has 0 atom stereocenters. The minimum Gasteiger partial charge on any atom is -0.496 e. The van der Waals surface area contributed by atoms with E-state index in [0.29, 0.717) is 28.3 Å². The van der Waals surface area contributed by atoms with E-state index in [1.54, 1.807) is 23.7 Å². The molecule has 1 aliphatic rings. The number of hydrogen-bond acceptors (Lipinski definition) is 4. The Morgan fingerprint density at radius 3 is 2.41 bits per heavy atom. The van der Waals surface area contributed by atoms with Crippen molar-refractivity contribution in [3.8, 4) is 5.75 Å². The van der Waals surface area contributed by atoms with Crippen LogP contribution in [0.5, 0.6) is 5.75 Å². The minimum atomic E-state index is -0.664. The lowest BCUT2D eigenvalue weighted by atomic mass is 9.91. The molecular formula is C24H28Cl2FN3O2. The molecule has 0 bridgehead atoms. The summed E-state index contributed by atoms with van der Waals surface area (Å²) in [5, 5.41) is 2.99. The number of halogens is 3. The van der Waals surface area contributed by atoms with Crippen molar-refractivity contribution in [2.24, 2.45) is 13.0 Å². The fourth-order valence-electron chi connectivity index (χ4n) is 3.84. The fourth-order valence-corrected chi connectivity index (χ4v) is 4.19. The zero-order valence-corrected chi connectivity index (χ0v) is 20.3. The number of nitrogens with one attached hydrogen (secondary N) is 1. The van der Waals surface area contributed by atoms with Gasteiger partial charge in [0.15, 0.2) is 11.6 Å². The van der Waals surface area contributed by atoms with E-state index >= 15 is 0 Å². The molecule has 2 aromatic carbocycles. The molecule has 0 radical (unpaired) electrons. The number of ketones is 1. The lowest BCUT2D eigenvalue weighted by Gasteiger charge is -2.15. The summed E-state index contributed by atoms with van der Waals surface area (Å²) in [7, 11) is 3.24. The molecule has 1 aliphatic carbocycles. The van der Waals surface area contributed by atoms with Gasteiger partial charge in [-0.1, -0.05) is 62.2 Å². The first kappa shape index (κ1) is 24.3. The third-order valence-electron chi connectivity index (χ3n) is 5.76. The highest BCUT2D eigenvalue weighted by Crippen LogP contribution is 2.34. The number of benzene rings is 2. The van der Waals surface area contributed by atoms with Gasteiger partial charge in [0.05, 0.1) is 39.4 Å². The zero-order chi connectivity index (χ0) is 23.4. The third-order valence-corrected chi connectivity index (χ3v) is 6.36. The highest BCUT2D eigenvalue weighted by atomic mass is 35.5. The smallest absolute Gasteiger partial charge is 0.208 e. The fraction of sp³-hybridized carbons (Fsp3) is 0.417. The van der Waals surface area contributed by atoms with Gasteiger partial charge in [0, 0.05) is 13.1 Å². The van der Waals surface area contributed by atoms with Crippen LogP contribution in [0.15, 0.2) is 24.3 Å². The quantitative estimate of drug-likeness (QED) is 0.309. The van der Waals surface area contributed by atoms with Gasteiger partial charge >= 0.3 is 0 Å². The van der Waals surface area contributed by atoms with Crippen LogP contribution in [-0.4, -0.2) is 22.4 Å². The Morgan fingerprint density at radius 2 is 1.84 bits per heavy atom. The Balaban J connectivity index is 0.000000352. The van der Waals surface area contributed by atoms with Gasteiger partial charge in [-0.05, 0) is 31.0 Å². The summed E-state index contributed by atoms with van der Waals surface area (Å²) in [6.45, 7) is 3.81. The molecule has 1 heterocycles. The second-order valence-electron chi connectivity index (χ2n) is 8.18. The molecule has 3 aromatic rings. The topological polar surface area (TPSA) is 56.1 Å². The predicted octanol–water partition coefficient (Wildman–Crippen LogP) is 7.56. The third kappa shape index (κ3) is 5.36. The number of rotatable bonds is 4. The number of carbonyl (C=O) groups is 1. The second kappa shape index (κ2) is 10.5. The van der Waals surface area contributed by atoms with E-state index < -0.39 is 5.82 Å². The van der Waals surface area contributed by atoms with E-state index in [0.717, 1.165) is 5.92 Å². The van der Waals surface area contributed by atoms with Crippen molar-refractivity contribution in [3.05, 3.63) is 45.7 Å². The SMILES string of the molecule is CC1CCCCC1.COc1cc2c(cc1C(C)=O)nc(Nc1c(Cl)ccc(Cl)c1F)n2C. The van der Waals surface area contributed by atoms with E-state index in [2.05, 4.69) is 17.2 Å².